The third kappa shape index (κ3) is 2.48. The molecule has 0 aliphatic heterocycles. The first-order valence-corrected chi connectivity index (χ1v) is 6.08. The van der Waals surface area contributed by atoms with Gasteiger partial charge in [-0.2, -0.15) is 4.98 Å². The molecule has 0 fully saturated rings. The monoisotopic (exact) mass is 312 g/mol. The molecule has 1 aromatic heterocycles. The highest BCUT2D eigenvalue weighted by molar-refractivity contribution is 9.10. The Balaban J connectivity index is 2.41. The van der Waals surface area contributed by atoms with E-state index in [4.69, 9.17) is 4.52 Å². The summed E-state index contributed by atoms with van der Waals surface area (Å²) in [4.78, 5) is 15.3. The molecule has 2 aromatic rings. The largest absolute Gasteiger partial charge is 0.338 e. The van der Waals surface area contributed by atoms with Gasteiger partial charge in [0, 0.05) is 10.0 Å². The molecule has 0 amide bonds. The SMILES string of the molecule is CC(=O)C(C)c1nc(-c2cc(F)ccc2Br)no1. The Bertz CT molecular complexity index is 598. The number of rotatable bonds is 3. The van der Waals surface area contributed by atoms with Crippen LogP contribution in [0.4, 0.5) is 4.39 Å². The zero-order chi connectivity index (χ0) is 13.3. The second kappa shape index (κ2) is 4.97. The van der Waals surface area contributed by atoms with Gasteiger partial charge in [-0.05, 0) is 32.0 Å². The molecule has 4 nitrogen and oxygen atoms in total. The topological polar surface area (TPSA) is 56.0 Å². The van der Waals surface area contributed by atoms with E-state index < -0.39 is 5.92 Å². The van der Waals surface area contributed by atoms with Crippen LogP contribution in [0.2, 0.25) is 0 Å². The predicted molar refractivity (Wildman–Crippen MR) is 66.5 cm³/mol. The highest BCUT2D eigenvalue weighted by Crippen LogP contribution is 2.28. The van der Waals surface area contributed by atoms with Crippen LogP contribution in [0.25, 0.3) is 11.4 Å². The summed E-state index contributed by atoms with van der Waals surface area (Å²) in [5.74, 6) is -0.431. The molecular formula is C12H10BrFN2O2. The predicted octanol–water partition coefficient (Wildman–Crippen LogP) is 3.33. The van der Waals surface area contributed by atoms with E-state index in [9.17, 15) is 9.18 Å². The van der Waals surface area contributed by atoms with Gasteiger partial charge in [0.1, 0.15) is 11.6 Å². The number of ketones is 1. The Hall–Kier alpha value is -1.56. The molecule has 0 bridgehead atoms. The van der Waals surface area contributed by atoms with Crippen molar-refractivity contribution in [3.8, 4) is 11.4 Å². The third-order valence-electron chi connectivity index (χ3n) is 2.59. The van der Waals surface area contributed by atoms with E-state index in [2.05, 4.69) is 26.1 Å². The molecule has 0 radical (unpaired) electrons. The highest BCUT2D eigenvalue weighted by Gasteiger charge is 2.20. The second-order valence-electron chi connectivity index (χ2n) is 3.91. The van der Waals surface area contributed by atoms with Crippen molar-refractivity contribution in [1.82, 2.24) is 10.1 Å². The number of Topliss-reactive ketones (excluding diaryl/α,β-unsaturated/α-hetero) is 1. The summed E-state index contributed by atoms with van der Waals surface area (Å²) in [6.45, 7) is 3.13. The third-order valence-corrected chi connectivity index (χ3v) is 3.28. The Labute approximate surface area is 111 Å². The van der Waals surface area contributed by atoms with Crippen molar-refractivity contribution in [2.75, 3.05) is 0 Å². The van der Waals surface area contributed by atoms with Gasteiger partial charge in [-0.3, -0.25) is 4.79 Å². The van der Waals surface area contributed by atoms with Gasteiger partial charge in [0.25, 0.3) is 0 Å². The fourth-order valence-corrected chi connectivity index (χ4v) is 1.79. The van der Waals surface area contributed by atoms with Gasteiger partial charge in [0.15, 0.2) is 0 Å². The van der Waals surface area contributed by atoms with Gasteiger partial charge in [-0.25, -0.2) is 4.39 Å². The van der Waals surface area contributed by atoms with Crippen LogP contribution >= 0.6 is 15.9 Å². The van der Waals surface area contributed by atoms with Crippen LogP contribution in [-0.2, 0) is 4.79 Å². The quantitative estimate of drug-likeness (QED) is 0.872. The summed E-state index contributed by atoms with van der Waals surface area (Å²) in [6, 6.07) is 4.19. The molecule has 0 saturated heterocycles. The number of hydrogen-bond donors (Lipinski definition) is 0. The molecule has 1 heterocycles. The van der Waals surface area contributed by atoms with Gasteiger partial charge >= 0.3 is 0 Å². The minimum Gasteiger partial charge on any atom is -0.338 e. The summed E-state index contributed by atoms with van der Waals surface area (Å²) in [5.41, 5.74) is 0.487. The van der Waals surface area contributed by atoms with Gasteiger partial charge in [0.05, 0.1) is 5.92 Å². The molecular weight excluding hydrogens is 303 g/mol. The van der Waals surface area contributed by atoms with Gasteiger partial charge in [0.2, 0.25) is 11.7 Å². The lowest BCUT2D eigenvalue weighted by Gasteiger charge is -1.99. The highest BCUT2D eigenvalue weighted by atomic mass is 79.9. The van der Waals surface area contributed by atoms with Crippen molar-refractivity contribution in [2.45, 2.75) is 19.8 Å². The van der Waals surface area contributed by atoms with Crippen molar-refractivity contribution >= 4 is 21.7 Å². The first-order chi connectivity index (χ1) is 8.49. The molecule has 18 heavy (non-hydrogen) atoms. The van der Waals surface area contributed by atoms with Crippen LogP contribution in [0.15, 0.2) is 27.2 Å². The fourth-order valence-electron chi connectivity index (χ4n) is 1.36. The lowest BCUT2D eigenvalue weighted by Crippen LogP contribution is -2.04. The maximum Gasteiger partial charge on any atom is 0.237 e. The van der Waals surface area contributed by atoms with Crippen LogP contribution in [0.5, 0.6) is 0 Å². The fraction of sp³-hybridized carbons (Fsp3) is 0.250. The normalized spacial score (nSPS) is 12.4. The number of hydrogen-bond acceptors (Lipinski definition) is 4. The zero-order valence-electron chi connectivity index (χ0n) is 9.78. The van der Waals surface area contributed by atoms with E-state index in [-0.39, 0.29) is 23.3 Å². The minimum absolute atomic E-state index is 0.0662. The minimum atomic E-state index is -0.460. The lowest BCUT2D eigenvalue weighted by atomic mass is 10.1. The molecule has 1 unspecified atom stereocenters. The molecule has 0 aliphatic rings. The van der Waals surface area contributed by atoms with Crippen molar-refractivity contribution < 1.29 is 13.7 Å². The van der Waals surface area contributed by atoms with E-state index in [1.807, 2.05) is 0 Å². The number of carbonyl (C=O) groups excluding carboxylic acids is 1. The number of carbonyl (C=O) groups is 1. The van der Waals surface area contributed by atoms with Crippen LogP contribution < -0.4 is 0 Å². The van der Waals surface area contributed by atoms with Gasteiger partial charge in [-0.15, -0.1) is 0 Å². The summed E-state index contributed by atoms with van der Waals surface area (Å²) < 4.78 is 18.8. The number of nitrogens with zero attached hydrogens (tertiary/aromatic N) is 2. The molecule has 6 heteroatoms. The molecule has 0 aliphatic carbocycles. The molecule has 0 N–H and O–H groups in total. The van der Waals surface area contributed by atoms with Crippen LogP contribution in [0.1, 0.15) is 25.7 Å². The summed E-state index contributed by atoms with van der Waals surface area (Å²) >= 11 is 3.29. The molecule has 0 saturated carbocycles. The van der Waals surface area contributed by atoms with Gasteiger partial charge in [-0.1, -0.05) is 21.1 Å². The number of benzene rings is 1. The van der Waals surface area contributed by atoms with E-state index >= 15 is 0 Å². The van der Waals surface area contributed by atoms with Crippen molar-refractivity contribution in [3.05, 3.63) is 34.4 Å². The number of halogens is 2. The summed E-state index contributed by atoms with van der Waals surface area (Å²) in [5, 5.41) is 3.76. The maximum absolute atomic E-state index is 13.2. The average molecular weight is 313 g/mol. The van der Waals surface area contributed by atoms with E-state index in [1.165, 1.54) is 19.1 Å². The lowest BCUT2D eigenvalue weighted by molar-refractivity contribution is -0.118. The molecule has 0 spiro atoms. The van der Waals surface area contributed by atoms with Crippen molar-refractivity contribution in [2.24, 2.45) is 0 Å². The Morgan fingerprint density at radius 1 is 1.50 bits per heavy atom. The Morgan fingerprint density at radius 2 is 2.22 bits per heavy atom. The van der Waals surface area contributed by atoms with E-state index in [0.717, 1.165) is 0 Å². The Kier molecular flexibility index (Phi) is 3.56. The average Bonchev–Trinajstić information content (AvgIpc) is 2.80. The van der Waals surface area contributed by atoms with Gasteiger partial charge < -0.3 is 4.52 Å². The van der Waals surface area contributed by atoms with Crippen LogP contribution in [0, 0.1) is 5.82 Å². The van der Waals surface area contributed by atoms with Crippen LogP contribution in [0.3, 0.4) is 0 Å². The second-order valence-corrected chi connectivity index (χ2v) is 4.77. The first-order valence-electron chi connectivity index (χ1n) is 5.28. The summed E-state index contributed by atoms with van der Waals surface area (Å²) in [7, 11) is 0. The molecule has 1 atom stereocenters. The molecule has 94 valence electrons. The standard InChI is InChI=1S/C12H10BrFN2O2/c1-6(7(2)17)12-15-11(16-18-12)9-5-8(14)3-4-10(9)13/h3-6H,1-2H3. The maximum atomic E-state index is 13.2. The molecule has 1 aromatic carbocycles. The van der Waals surface area contributed by atoms with Crippen molar-refractivity contribution in [3.63, 3.8) is 0 Å². The van der Waals surface area contributed by atoms with E-state index in [1.54, 1.807) is 13.0 Å². The van der Waals surface area contributed by atoms with E-state index in [0.29, 0.717) is 10.0 Å². The molecule has 2 rings (SSSR count). The zero-order valence-corrected chi connectivity index (χ0v) is 11.4. The Morgan fingerprint density at radius 3 is 2.89 bits per heavy atom. The van der Waals surface area contributed by atoms with Crippen LogP contribution in [-0.4, -0.2) is 15.9 Å². The number of aromatic nitrogens is 2. The van der Waals surface area contributed by atoms with Crippen molar-refractivity contribution in [1.29, 1.82) is 0 Å². The first kappa shape index (κ1) is 12.9. The smallest absolute Gasteiger partial charge is 0.237 e. The summed E-state index contributed by atoms with van der Waals surface area (Å²) in [6.07, 6.45) is 0.